The van der Waals surface area contributed by atoms with Gasteiger partial charge in [0, 0.05) is 11.1 Å². The molecule has 0 atom stereocenters. The predicted molar refractivity (Wildman–Crippen MR) is 102 cm³/mol. The van der Waals surface area contributed by atoms with E-state index < -0.39 is 36.3 Å². The van der Waals surface area contributed by atoms with Crippen molar-refractivity contribution in [3.05, 3.63) is 57.2 Å². The van der Waals surface area contributed by atoms with Crippen LogP contribution >= 0.6 is 0 Å². The Morgan fingerprint density at radius 1 is 0.767 bits per heavy atom. The van der Waals surface area contributed by atoms with Gasteiger partial charge in [0.05, 0.1) is 35.7 Å². The van der Waals surface area contributed by atoms with Gasteiger partial charge in [-0.3, -0.25) is 19.2 Å². The summed E-state index contributed by atoms with van der Waals surface area (Å²) in [6.45, 7) is 1.20. The number of aliphatic hydroxyl groups is 2. The second-order valence-electron chi connectivity index (χ2n) is 6.19. The lowest BCUT2D eigenvalue weighted by molar-refractivity contribution is 0.101. The third-order valence-electron chi connectivity index (χ3n) is 4.38. The number of aliphatic hydroxyl groups excluding tert-OH is 2. The molecule has 2 rings (SSSR count). The fourth-order valence-electron chi connectivity index (χ4n) is 2.80. The van der Waals surface area contributed by atoms with Crippen LogP contribution in [-0.4, -0.2) is 54.5 Å². The van der Waals surface area contributed by atoms with Crippen LogP contribution in [0.1, 0.15) is 64.2 Å². The van der Waals surface area contributed by atoms with Crippen molar-refractivity contribution in [3.63, 3.8) is 0 Å². The molecule has 0 saturated heterocycles. The highest BCUT2D eigenvalue weighted by Crippen LogP contribution is 2.27. The second-order valence-corrected chi connectivity index (χ2v) is 6.19. The molecule has 2 aromatic heterocycles. The van der Waals surface area contributed by atoms with E-state index in [4.69, 9.17) is 0 Å². The summed E-state index contributed by atoms with van der Waals surface area (Å²) in [6.07, 6.45) is 2.19. The second kappa shape index (κ2) is 9.16. The molecule has 10 heteroatoms. The predicted octanol–water partition coefficient (Wildman–Crippen LogP) is 0.736. The van der Waals surface area contributed by atoms with Gasteiger partial charge >= 0.3 is 0 Å². The van der Waals surface area contributed by atoms with Crippen LogP contribution < -0.4 is 0 Å². The van der Waals surface area contributed by atoms with E-state index in [9.17, 15) is 39.6 Å². The third kappa shape index (κ3) is 4.00. The Bertz CT molecular complexity index is 1000. The molecule has 30 heavy (non-hydrogen) atoms. The number of hydrogen-bond acceptors (Lipinski definition) is 10. The lowest BCUT2D eigenvalue weighted by atomic mass is 10.0. The molecule has 0 saturated carbocycles. The maximum Gasteiger partial charge on any atom is 0.204 e. The van der Waals surface area contributed by atoms with Crippen LogP contribution in [0.2, 0.25) is 0 Å². The zero-order valence-electron chi connectivity index (χ0n) is 16.0. The van der Waals surface area contributed by atoms with Crippen LogP contribution in [0.3, 0.4) is 0 Å². The Morgan fingerprint density at radius 3 is 1.37 bits per heavy atom. The Labute approximate surface area is 170 Å². The molecule has 156 valence electrons. The summed E-state index contributed by atoms with van der Waals surface area (Å²) in [5.74, 6) is -2.61. The molecule has 0 amide bonds. The van der Waals surface area contributed by atoms with E-state index >= 15 is 0 Å². The van der Waals surface area contributed by atoms with Gasteiger partial charge in [0.25, 0.3) is 0 Å². The van der Waals surface area contributed by atoms with Crippen LogP contribution in [0.4, 0.5) is 0 Å². The first-order chi connectivity index (χ1) is 14.2. The maximum atomic E-state index is 12.5. The highest BCUT2D eigenvalue weighted by atomic mass is 16.3. The molecule has 0 unspecified atom stereocenters. The lowest BCUT2D eigenvalue weighted by Crippen LogP contribution is -2.12. The minimum Gasteiger partial charge on any atom is -0.505 e. The number of allylic oxidation sites excluding steroid dienone is 2. The molecule has 0 spiro atoms. The van der Waals surface area contributed by atoms with Gasteiger partial charge in [0.2, 0.25) is 11.6 Å². The quantitative estimate of drug-likeness (QED) is 0.274. The average molecular weight is 414 g/mol. The average Bonchev–Trinajstić information content (AvgIpc) is 2.74. The number of carbonyl (C=O) groups excluding carboxylic acids is 4. The SMILES string of the molecule is Cc1nc(C(=O)/C=C/C(=O)c2nc(C)c(O)c(C=O)c2CO)c(CO)c(C=O)c1O. The monoisotopic (exact) mass is 414 g/mol. The molecule has 0 aliphatic heterocycles. The fraction of sp³-hybridized carbons (Fsp3) is 0.200. The van der Waals surface area contributed by atoms with Gasteiger partial charge < -0.3 is 20.4 Å². The van der Waals surface area contributed by atoms with Gasteiger partial charge in [-0.1, -0.05) is 0 Å². The number of aryl methyl sites for hydroxylation is 2. The standard InChI is InChI=1S/C20H18N2O8/c1-9-19(29)13(7-25)11(5-23)17(21-9)15(27)3-4-16(28)18-12(6-24)14(8-26)20(30)10(2)22-18/h3-4,7-8,23-24,29-30H,5-6H2,1-2H3/b4-3+. The van der Waals surface area contributed by atoms with E-state index in [1.165, 1.54) is 13.8 Å². The third-order valence-corrected chi connectivity index (χ3v) is 4.38. The van der Waals surface area contributed by atoms with Crippen LogP contribution in [0.15, 0.2) is 12.2 Å². The number of hydrogen-bond donors (Lipinski definition) is 4. The number of carbonyl (C=O) groups is 4. The molecular weight excluding hydrogens is 396 g/mol. The highest BCUT2D eigenvalue weighted by molar-refractivity contribution is 6.12. The number of aromatic nitrogens is 2. The van der Waals surface area contributed by atoms with E-state index in [2.05, 4.69) is 9.97 Å². The topological polar surface area (TPSA) is 175 Å². The van der Waals surface area contributed by atoms with Crippen molar-refractivity contribution in [1.29, 1.82) is 0 Å². The van der Waals surface area contributed by atoms with Crippen molar-refractivity contribution in [2.75, 3.05) is 0 Å². The first kappa shape index (κ1) is 22.5. The number of aromatic hydroxyl groups is 2. The van der Waals surface area contributed by atoms with E-state index in [1.807, 2.05) is 0 Å². The molecular formula is C20H18N2O8. The van der Waals surface area contributed by atoms with Crippen molar-refractivity contribution in [2.45, 2.75) is 27.1 Å². The van der Waals surface area contributed by atoms with Crippen LogP contribution in [0.25, 0.3) is 0 Å². The first-order valence-electron chi connectivity index (χ1n) is 8.55. The Balaban J connectivity index is 2.49. The van der Waals surface area contributed by atoms with Crippen molar-refractivity contribution in [3.8, 4) is 11.5 Å². The van der Waals surface area contributed by atoms with Gasteiger partial charge in [0.15, 0.2) is 12.6 Å². The van der Waals surface area contributed by atoms with Crippen LogP contribution in [-0.2, 0) is 13.2 Å². The van der Waals surface area contributed by atoms with E-state index in [0.29, 0.717) is 0 Å². The molecule has 0 aromatic carbocycles. The number of nitrogens with zero attached hydrogens (tertiary/aromatic N) is 2. The molecule has 0 radical (unpaired) electrons. The summed E-state index contributed by atoms with van der Waals surface area (Å²) < 4.78 is 0. The van der Waals surface area contributed by atoms with Gasteiger partial charge in [0.1, 0.15) is 22.9 Å². The first-order valence-corrected chi connectivity index (χ1v) is 8.55. The van der Waals surface area contributed by atoms with Gasteiger partial charge in [-0.2, -0.15) is 0 Å². The largest absolute Gasteiger partial charge is 0.505 e. The van der Waals surface area contributed by atoms with Crippen molar-refractivity contribution in [1.82, 2.24) is 9.97 Å². The molecule has 4 N–H and O–H groups in total. The minimum atomic E-state index is -0.838. The summed E-state index contributed by atoms with van der Waals surface area (Å²) in [7, 11) is 0. The lowest BCUT2D eigenvalue weighted by Gasteiger charge is -2.11. The van der Waals surface area contributed by atoms with Gasteiger partial charge in [-0.25, -0.2) is 9.97 Å². The van der Waals surface area contributed by atoms with Gasteiger partial charge in [-0.05, 0) is 26.0 Å². The van der Waals surface area contributed by atoms with E-state index in [1.54, 1.807) is 0 Å². The smallest absolute Gasteiger partial charge is 0.204 e. The Kier molecular flexibility index (Phi) is 6.88. The molecule has 2 heterocycles. The zero-order chi connectivity index (χ0) is 22.6. The summed E-state index contributed by atoms with van der Waals surface area (Å²) >= 11 is 0. The number of ketones is 2. The van der Waals surface area contributed by atoms with Crippen molar-refractivity contribution in [2.24, 2.45) is 0 Å². The van der Waals surface area contributed by atoms with Gasteiger partial charge in [-0.15, -0.1) is 0 Å². The Morgan fingerprint density at radius 2 is 1.10 bits per heavy atom. The number of aldehydes is 2. The summed E-state index contributed by atoms with van der Waals surface area (Å²) in [5, 5.41) is 38.7. The summed E-state index contributed by atoms with van der Waals surface area (Å²) in [5.41, 5.74) is -1.68. The zero-order valence-corrected chi connectivity index (χ0v) is 16.0. The molecule has 0 aliphatic carbocycles. The molecule has 0 bridgehead atoms. The summed E-state index contributed by atoms with van der Waals surface area (Å²) in [6, 6.07) is 0. The highest BCUT2D eigenvalue weighted by Gasteiger charge is 2.22. The number of pyridine rings is 2. The van der Waals surface area contributed by atoms with Crippen LogP contribution in [0.5, 0.6) is 11.5 Å². The minimum absolute atomic E-state index is 0.0219. The Hall–Kier alpha value is -3.76. The maximum absolute atomic E-state index is 12.5. The summed E-state index contributed by atoms with van der Waals surface area (Å²) in [4.78, 5) is 55.2. The van der Waals surface area contributed by atoms with E-state index in [-0.39, 0.29) is 57.6 Å². The van der Waals surface area contributed by atoms with Crippen molar-refractivity contribution < 1.29 is 39.6 Å². The molecule has 0 aliphatic rings. The molecule has 10 nitrogen and oxygen atoms in total. The normalized spacial score (nSPS) is 10.9. The number of rotatable bonds is 8. The molecule has 0 fully saturated rings. The van der Waals surface area contributed by atoms with Crippen LogP contribution in [0, 0.1) is 13.8 Å². The molecule has 2 aromatic rings. The van der Waals surface area contributed by atoms with E-state index in [0.717, 1.165) is 12.2 Å². The fourth-order valence-corrected chi connectivity index (χ4v) is 2.80. The van der Waals surface area contributed by atoms with Crippen molar-refractivity contribution >= 4 is 24.1 Å².